The summed E-state index contributed by atoms with van der Waals surface area (Å²) < 4.78 is 16.0. The zero-order chi connectivity index (χ0) is 16.7. The molecule has 3 rings (SSSR count). The molecular weight excluding hydrogens is 304 g/mol. The lowest BCUT2D eigenvalue weighted by Gasteiger charge is -2.38. The quantitative estimate of drug-likeness (QED) is 0.683. The number of aryl methyl sites for hydroxylation is 1. The molecule has 7 nitrogen and oxygen atoms in total. The van der Waals surface area contributed by atoms with Crippen LogP contribution >= 0.6 is 0 Å². The molecule has 0 radical (unpaired) electrons. The summed E-state index contributed by atoms with van der Waals surface area (Å²) in [5, 5.41) is 30.2. The van der Waals surface area contributed by atoms with Crippen LogP contribution in [-0.2, 0) is 4.74 Å². The lowest BCUT2D eigenvalue weighted by molar-refractivity contribution is -0.268. The normalized spacial score (nSPS) is 31.3. The van der Waals surface area contributed by atoms with E-state index in [-0.39, 0.29) is 0 Å². The largest absolute Gasteiger partial charge is 0.462 e. The Labute approximate surface area is 131 Å². The van der Waals surface area contributed by atoms with Gasteiger partial charge in [-0.1, -0.05) is 0 Å². The summed E-state index contributed by atoms with van der Waals surface area (Å²) in [6, 6.07) is 6.29. The van der Waals surface area contributed by atoms with Crippen LogP contribution < -0.4 is 10.4 Å². The molecular formula is C16H18O7. The Balaban J connectivity index is 1.88. The summed E-state index contributed by atoms with van der Waals surface area (Å²) >= 11 is 0. The summed E-state index contributed by atoms with van der Waals surface area (Å²) in [5.74, 6) is 0.311. The van der Waals surface area contributed by atoms with Crippen molar-refractivity contribution in [3.8, 4) is 5.75 Å². The zero-order valence-electron chi connectivity index (χ0n) is 12.7. The molecule has 1 saturated heterocycles. The van der Waals surface area contributed by atoms with Crippen molar-refractivity contribution in [1.82, 2.24) is 0 Å². The maximum atomic E-state index is 11.4. The first-order valence-electron chi connectivity index (χ1n) is 7.27. The van der Waals surface area contributed by atoms with Crippen LogP contribution in [0.4, 0.5) is 0 Å². The van der Waals surface area contributed by atoms with Gasteiger partial charge in [-0.3, -0.25) is 0 Å². The predicted octanol–water partition coefficient (Wildman–Crippen LogP) is 0.308. The maximum Gasteiger partial charge on any atom is 0.336 e. The number of benzene rings is 1. The molecule has 1 aromatic heterocycles. The van der Waals surface area contributed by atoms with Crippen molar-refractivity contribution in [2.24, 2.45) is 0 Å². The molecule has 124 valence electrons. The predicted molar refractivity (Wildman–Crippen MR) is 80.2 cm³/mol. The molecule has 5 atom stereocenters. The lowest BCUT2D eigenvalue weighted by atomic mass is 10.00. The van der Waals surface area contributed by atoms with Crippen molar-refractivity contribution in [2.75, 3.05) is 0 Å². The summed E-state index contributed by atoms with van der Waals surface area (Å²) in [7, 11) is 0. The number of aliphatic hydroxyl groups excluding tert-OH is 3. The standard InChI is InChI=1S/C16H18O7/c1-7-5-12(17)23-11-6-9(3-4-10(7)11)22-16-15(20)14(19)13(18)8(2)21-16/h3-6,8,13-16,18-20H,1-2H3/t8-,13-,14+,15+,16-/m0/s1. The Morgan fingerprint density at radius 3 is 2.57 bits per heavy atom. The molecule has 7 heteroatoms. The van der Waals surface area contributed by atoms with Crippen molar-refractivity contribution in [3.63, 3.8) is 0 Å². The molecule has 0 amide bonds. The summed E-state index contributed by atoms with van der Waals surface area (Å²) in [6.07, 6.45) is -5.80. The van der Waals surface area contributed by atoms with E-state index in [0.717, 1.165) is 10.9 Å². The molecule has 0 saturated carbocycles. The van der Waals surface area contributed by atoms with E-state index in [9.17, 15) is 20.1 Å². The number of fused-ring (bicyclic) bond motifs is 1. The van der Waals surface area contributed by atoms with Gasteiger partial charge in [-0.2, -0.15) is 0 Å². The number of hydrogen-bond acceptors (Lipinski definition) is 7. The van der Waals surface area contributed by atoms with E-state index in [4.69, 9.17) is 13.9 Å². The third kappa shape index (κ3) is 2.96. The average Bonchev–Trinajstić information content (AvgIpc) is 2.50. The maximum absolute atomic E-state index is 11.4. The fraction of sp³-hybridized carbons (Fsp3) is 0.438. The molecule has 3 N–H and O–H groups in total. The van der Waals surface area contributed by atoms with Crippen molar-refractivity contribution >= 4 is 11.0 Å². The smallest absolute Gasteiger partial charge is 0.336 e. The molecule has 1 fully saturated rings. The van der Waals surface area contributed by atoms with Gasteiger partial charge in [0.15, 0.2) is 0 Å². The summed E-state index contributed by atoms with van der Waals surface area (Å²) in [6.45, 7) is 3.37. The highest BCUT2D eigenvalue weighted by Crippen LogP contribution is 2.27. The first-order chi connectivity index (χ1) is 10.9. The molecule has 1 aliphatic rings. The molecule has 0 bridgehead atoms. The first kappa shape index (κ1) is 15.9. The van der Waals surface area contributed by atoms with Gasteiger partial charge in [0.2, 0.25) is 6.29 Å². The van der Waals surface area contributed by atoms with Crippen LogP contribution in [0.1, 0.15) is 12.5 Å². The van der Waals surface area contributed by atoms with Gasteiger partial charge in [-0.15, -0.1) is 0 Å². The summed E-state index contributed by atoms with van der Waals surface area (Å²) in [4.78, 5) is 11.4. The molecule has 1 aromatic carbocycles. The van der Waals surface area contributed by atoms with Gasteiger partial charge in [0.1, 0.15) is 29.6 Å². The number of aliphatic hydroxyl groups is 3. The van der Waals surface area contributed by atoms with E-state index in [1.165, 1.54) is 12.1 Å². The lowest BCUT2D eigenvalue weighted by Crippen LogP contribution is -2.58. The van der Waals surface area contributed by atoms with Crippen molar-refractivity contribution in [2.45, 2.75) is 44.6 Å². The fourth-order valence-corrected chi connectivity index (χ4v) is 2.62. The third-order valence-electron chi connectivity index (χ3n) is 3.98. The zero-order valence-corrected chi connectivity index (χ0v) is 12.7. The Morgan fingerprint density at radius 1 is 1.09 bits per heavy atom. The topological polar surface area (TPSA) is 109 Å². The number of hydrogen-bond donors (Lipinski definition) is 3. The Bertz CT molecular complexity index is 769. The molecule has 0 unspecified atom stereocenters. The Hall–Kier alpha value is -1.93. The fourth-order valence-electron chi connectivity index (χ4n) is 2.62. The minimum atomic E-state index is -1.40. The van der Waals surface area contributed by atoms with E-state index in [0.29, 0.717) is 11.3 Å². The Morgan fingerprint density at radius 2 is 1.83 bits per heavy atom. The van der Waals surface area contributed by atoms with E-state index in [2.05, 4.69) is 0 Å². The average molecular weight is 322 g/mol. The van der Waals surface area contributed by atoms with Crippen molar-refractivity contribution < 1.29 is 29.2 Å². The third-order valence-corrected chi connectivity index (χ3v) is 3.98. The van der Waals surface area contributed by atoms with Gasteiger partial charge < -0.3 is 29.2 Å². The molecule has 2 heterocycles. The summed E-state index contributed by atoms with van der Waals surface area (Å²) in [5.41, 5.74) is 0.670. The SMILES string of the molecule is Cc1cc(=O)oc2cc(O[C@@H]3O[C@@H](C)[C@H](O)[C@@H](O)[C@H]3O)ccc12. The molecule has 0 aliphatic carbocycles. The van der Waals surface area contributed by atoms with Gasteiger partial charge in [-0.25, -0.2) is 4.79 Å². The molecule has 2 aromatic rings. The van der Waals surface area contributed by atoms with Crippen LogP contribution in [-0.4, -0.2) is 46.0 Å². The van der Waals surface area contributed by atoms with Gasteiger partial charge >= 0.3 is 5.63 Å². The van der Waals surface area contributed by atoms with E-state index in [1.807, 2.05) is 0 Å². The second kappa shape index (κ2) is 5.93. The highest BCUT2D eigenvalue weighted by atomic mass is 16.7. The second-order valence-corrected chi connectivity index (χ2v) is 5.71. The highest BCUT2D eigenvalue weighted by Gasteiger charge is 2.43. The van der Waals surface area contributed by atoms with Crippen molar-refractivity contribution in [3.05, 3.63) is 40.2 Å². The first-order valence-corrected chi connectivity index (χ1v) is 7.27. The van der Waals surface area contributed by atoms with E-state index in [1.54, 1.807) is 26.0 Å². The van der Waals surface area contributed by atoms with Crippen LogP contribution in [0, 0.1) is 6.92 Å². The highest BCUT2D eigenvalue weighted by molar-refractivity contribution is 5.81. The van der Waals surface area contributed by atoms with Crippen LogP contribution in [0.2, 0.25) is 0 Å². The van der Waals surface area contributed by atoms with Gasteiger partial charge in [-0.05, 0) is 31.5 Å². The van der Waals surface area contributed by atoms with Crippen LogP contribution in [0.15, 0.2) is 33.5 Å². The van der Waals surface area contributed by atoms with Gasteiger partial charge in [0, 0.05) is 17.5 Å². The van der Waals surface area contributed by atoms with Gasteiger partial charge in [0.05, 0.1) is 6.10 Å². The van der Waals surface area contributed by atoms with Crippen LogP contribution in [0.5, 0.6) is 5.75 Å². The molecule has 1 aliphatic heterocycles. The number of rotatable bonds is 2. The number of ether oxygens (including phenoxy) is 2. The Kier molecular flexibility index (Phi) is 4.11. The minimum Gasteiger partial charge on any atom is -0.462 e. The minimum absolute atomic E-state index is 0.311. The van der Waals surface area contributed by atoms with Crippen molar-refractivity contribution in [1.29, 1.82) is 0 Å². The second-order valence-electron chi connectivity index (χ2n) is 5.71. The molecule has 0 spiro atoms. The van der Waals surface area contributed by atoms with E-state index >= 15 is 0 Å². The van der Waals surface area contributed by atoms with Crippen LogP contribution in [0.3, 0.4) is 0 Å². The molecule has 23 heavy (non-hydrogen) atoms. The monoisotopic (exact) mass is 322 g/mol. The van der Waals surface area contributed by atoms with E-state index < -0.39 is 36.3 Å². The van der Waals surface area contributed by atoms with Crippen LogP contribution in [0.25, 0.3) is 11.0 Å². The van der Waals surface area contributed by atoms with Gasteiger partial charge in [0.25, 0.3) is 0 Å².